The van der Waals surface area contributed by atoms with Crippen LogP contribution in [0.15, 0.2) is 18.3 Å². The van der Waals surface area contributed by atoms with Gasteiger partial charge in [-0.05, 0) is 24.6 Å². The standard InChI is InChI=1S/C17H24N4O4.ClH/c1-5-25-10-20-17-19-9-12(16(18)21-17)6-11-7-13(22-2)15(24-4)14(8-11)23-3;/h7-9H,5-6,10H2,1-4H3,(H3,18,19,20,21);1H. The van der Waals surface area contributed by atoms with Gasteiger partial charge in [0.15, 0.2) is 11.5 Å². The Kier molecular flexibility index (Phi) is 8.74. The fourth-order valence-electron chi connectivity index (χ4n) is 2.32. The van der Waals surface area contributed by atoms with E-state index in [-0.39, 0.29) is 12.4 Å². The molecule has 0 aliphatic heterocycles. The summed E-state index contributed by atoms with van der Waals surface area (Å²) in [6, 6.07) is 3.75. The van der Waals surface area contributed by atoms with Crippen molar-refractivity contribution < 1.29 is 18.9 Å². The van der Waals surface area contributed by atoms with E-state index >= 15 is 0 Å². The van der Waals surface area contributed by atoms with E-state index in [0.29, 0.717) is 48.8 Å². The van der Waals surface area contributed by atoms with Gasteiger partial charge in [-0.1, -0.05) is 0 Å². The summed E-state index contributed by atoms with van der Waals surface area (Å²) in [7, 11) is 4.73. The van der Waals surface area contributed by atoms with E-state index in [1.165, 1.54) is 0 Å². The number of nitrogens with two attached hydrogens (primary N) is 1. The van der Waals surface area contributed by atoms with Crippen molar-refractivity contribution in [2.24, 2.45) is 0 Å². The minimum absolute atomic E-state index is 0. The zero-order valence-corrected chi connectivity index (χ0v) is 16.2. The highest BCUT2D eigenvalue weighted by atomic mass is 35.5. The van der Waals surface area contributed by atoms with Crippen molar-refractivity contribution in [2.75, 3.05) is 45.7 Å². The van der Waals surface area contributed by atoms with E-state index < -0.39 is 0 Å². The van der Waals surface area contributed by atoms with Gasteiger partial charge in [0.25, 0.3) is 0 Å². The molecule has 1 aromatic heterocycles. The number of ether oxygens (including phenoxy) is 4. The SMILES string of the molecule is CCOCNc1ncc(Cc2cc(OC)c(OC)c(OC)c2)c(N)n1.Cl. The molecule has 0 radical (unpaired) electrons. The first-order valence-corrected chi connectivity index (χ1v) is 7.84. The lowest BCUT2D eigenvalue weighted by Gasteiger charge is -2.14. The van der Waals surface area contributed by atoms with Gasteiger partial charge in [0, 0.05) is 24.8 Å². The monoisotopic (exact) mass is 384 g/mol. The van der Waals surface area contributed by atoms with Crippen molar-refractivity contribution in [1.82, 2.24) is 9.97 Å². The minimum atomic E-state index is 0. The second-order valence-corrected chi connectivity index (χ2v) is 5.13. The second kappa shape index (κ2) is 10.5. The molecule has 8 nitrogen and oxygen atoms in total. The van der Waals surface area contributed by atoms with Gasteiger partial charge in [-0.2, -0.15) is 4.98 Å². The predicted molar refractivity (Wildman–Crippen MR) is 103 cm³/mol. The Balaban J connectivity index is 0.00000338. The average molecular weight is 385 g/mol. The maximum absolute atomic E-state index is 6.05. The lowest BCUT2D eigenvalue weighted by atomic mass is 10.1. The molecule has 26 heavy (non-hydrogen) atoms. The number of methoxy groups -OCH3 is 3. The number of nitrogen functional groups attached to an aromatic ring is 1. The van der Waals surface area contributed by atoms with Gasteiger partial charge >= 0.3 is 0 Å². The molecular formula is C17H25ClN4O4. The summed E-state index contributed by atoms with van der Waals surface area (Å²) >= 11 is 0. The summed E-state index contributed by atoms with van der Waals surface area (Å²) in [5.41, 5.74) is 7.80. The minimum Gasteiger partial charge on any atom is -0.493 e. The Morgan fingerprint density at radius 1 is 1.08 bits per heavy atom. The third kappa shape index (κ3) is 5.27. The topological polar surface area (TPSA) is 101 Å². The molecule has 0 saturated heterocycles. The van der Waals surface area contributed by atoms with E-state index in [9.17, 15) is 0 Å². The fraction of sp³-hybridized carbons (Fsp3) is 0.412. The van der Waals surface area contributed by atoms with Crippen molar-refractivity contribution >= 4 is 24.2 Å². The first-order chi connectivity index (χ1) is 12.1. The Morgan fingerprint density at radius 2 is 1.73 bits per heavy atom. The largest absolute Gasteiger partial charge is 0.493 e. The van der Waals surface area contributed by atoms with Crippen molar-refractivity contribution in [1.29, 1.82) is 0 Å². The summed E-state index contributed by atoms with van der Waals surface area (Å²) in [5, 5.41) is 2.95. The van der Waals surface area contributed by atoms with Crippen molar-refractivity contribution in [3.05, 3.63) is 29.5 Å². The highest BCUT2D eigenvalue weighted by molar-refractivity contribution is 5.85. The van der Waals surface area contributed by atoms with Gasteiger partial charge in [-0.15, -0.1) is 12.4 Å². The van der Waals surface area contributed by atoms with Crippen LogP contribution in [0.5, 0.6) is 17.2 Å². The van der Waals surface area contributed by atoms with Gasteiger partial charge in [-0.3, -0.25) is 0 Å². The molecule has 0 atom stereocenters. The zero-order chi connectivity index (χ0) is 18.2. The summed E-state index contributed by atoms with van der Waals surface area (Å²) in [5.74, 6) is 2.56. The highest BCUT2D eigenvalue weighted by Gasteiger charge is 2.14. The predicted octanol–water partition coefficient (Wildman–Crippen LogP) is 2.50. The van der Waals surface area contributed by atoms with Crippen LogP contribution < -0.4 is 25.3 Å². The van der Waals surface area contributed by atoms with E-state index in [1.807, 2.05) is 19.1 Å². The van der Waals surface area contributed by atoms with Crippen LogP contribution in [0.25, 0.3) is 0 Å². The molecule has 144 valence electrons. The molecule has 2 aromatic rings. The lowest BCUT2D eigenvalue weighted by Crippen LogP contribution is -2.10. The Hall–Kier alpha value is -2.45. The van der Waals surface area contributed by atoms with E-state index in [4.69, 9.17) is 24.7 Å². The molecule has 1 aromatic carbocycles. The first kappa shape index (κ1) is 21.6. The van der Waals surface area contributed by atoms with Crippen LogP contribution in [0.1, 0.15) is 18.1 Å². The molecule has 0 fully saturated rings. The van der Waals surface area contributed by atoms with Crippen LogP contribution in [-0.2, 0) is 11.2 Å². The van der Waals surface area contributed by atoms with Crippen LogP contribution in [0.2, 0.25) is 0 Å². The van der Waals surface area contributed by atoms with Crippen molar-refractivity contribution in [3.63, 3.8) is 0 Å². The molecule has 0 saturated carbocycles. The summed E-state index contributed by atoms with van der Waals surface area (Å²) in [4.78, 5) is 8.51. The number of aromatic nitrogens is 2. The lowest BCUT2D eigenvalue weighted by molar-refractivity contribution is 0.166. The Morgan fingerprint density at radius 3 is 2.23 bits per heavy atom. The van der Waals surface area contributed by atoms with E-state index in [2.05, 4.69) is 15.3 Å². The highest BCUT2D eigenvalue weighted by Crippen LogP contribution is 2.38. The van der Waals surface area contributed by atoms with Gasteiger partial charge in [-0.25, -0.2) is 4.98 Å². The van der Waals surface area contributed by atoms with E-state index in [1.54, 1.807) is 27.5 Å². The zero-order valence-electron chi connectivity index (χ0n) is 15.4. The molecule has 1 heterocycles. The molecule has 0 unspecified atom stereocenters. The maximum atomic E-state index is 6.05. The molecule has 0 bridgehead atoms. The number of benzene rings is 1. The van der Waals surface area contributed by atoms with Gasteiger partial charge in [0.2, 0.25) is 11.7 Å². The Bertz CT molecular complexity index is 690. The molecule has 2 rings (SSSR count). The van der Waals surface area contributed by atoms with Gasteiger partial charge in [0.05, 0.1) is 21.3 Å². The molecular weight excluding hydrogens is 360 g/mol. The summed E-state index contributed by atoms with van der Waals surface area (Å²) in [6.45, 7) is 2.86. The average Bonchev–Trinajstić information content (AvgIpc) is 2.63. The van der Waals surface area contributed by atoms with Crippen LogP contribution in [0.3, 0.4) is 0 Å². The smallest absolute Gasteiger partial charge is 0.226 e. The third-order valence-electron chi connectivity index (χ3n) is 3.55. The number of anilines is 2. The number of nitrogens with one attached hydrogen (secondary N) is 1. The van der Waals surface area contributed by atoms with Gasteiger partial charge in [0.1, 0.15) is 12.5 Å². The Labute approximate surface area is 159 Å². The molecule has 3 N–H and O–H groups in total. The van der Waals surface area contributed by atoms with Crippen molar-refractivity contribution in [2.45, 2.75) is 13.3 Å². The molecule has 0 aliphatic carbocycles. The number of hydrogen-bond acceptors (Lipinski definition) is 8. The first-order valence-electron chi connectivity index (χ1n) is 7.84. The van der Waals surface area contributed by atoms with Crippen LogP contribution in [0.4, 0.5) is 11.8 Å². The number of halogens is 1. The molecule has 9 heteroatoms. The van der Waals surface area contributed by atoms with Crippen LogP contribution in [0, 0.1) is 0 Å². The molecule has 0 amide bonds. The maximum Gasteiger partial charge on any atom is 0.226 e. The van der Waals surface area contributed by atoms with Crippen molar-refractivity contribution in [3.8, 4) is 17.2 Å². The molecule has 0 spiro atoms. The normalized spacial score (nSPS) is 10.0. The molecule has 0 aliphatic rings. The fourth-order valence-corrected chi connectivity index (χ4v) is 2.32. The number of rotatable bonds is 9. The quantitative estimate of drug-likeness (QED) is 0.502. The summed E-state index contributed by atoms with van der Waals surface area (Å²) in [6.07, 6.45) is 2.23. The summed E-state index contributed by atoms with van der Waals surface area (Å²) < 4.78 is 21.3. The second-order valence-electron chi connectivity index (χ2n) is 5.13. The number of nitrogens with zero attached hydrogens (tertiary/aromatic N) is 2. The van der Waals surface area contributed by atoms with Crippen LogP contribution >= 0.6 is 12.4 Å². The van der Waals surface area contributed by atoms with Gasteiger partial charge < -0.3 is 30.0 Å². The van der Waals surface area contributed by atoms with E-state index in [0.717, 1.165) is 11.1 Å². The third-order valence-corrected chi connectivity index (χ3v) is 3.55. The van der Waals surface area contributed by atoms with Crippen LogP contribution in [-0.4, -0.2) is 44.6 Å². The number of hydrogen-bond donors (Lipinski definition) is 2.